The standard InChI is InChI=1S/C15H16.C13H14.C8H10/c1-4-7-14-12(5-2)10-13-9-6-8-11(3)15(13)14;1-11-7-9-13(10-8-11)12-5-3-2-4-6-12;1-7-3-5-8(2)6-4-7/h4-9H,2,10H2,1,3H3;2-7,9-11H,8H2,1H3;3-6H,1-2H3/b7-4-;;. The Balaban J connectivity index is 0.000000157. The van der Waals surface area contributed by atoms with Crippen LogP contribution in [0.1, 0.15) is 53.6 Å². The summed E-state index contributed by atoms with van der Waals surface area (Å²) < 4.78 is 0. The normalized spacial score (nSPS) is 15.9. The fourth-order valence-corrected chi connectivity index (χ4v) is 4.47. The predicted molar refractivity (Wildman–Crippen MR) is 160 cm³/mol. The van der Waals surface area contributed by atoms with Gasteiger partial charge in [0.15, 0.2) is 0 Å². The van der Waals surface area contributed by atoms with Crippen LogP contribution in [0.2, 0.25) is 0 Å². The Kier molecular flexibility index (Phi) is 10.1. The first kappa shape index (κ1) is 27.0. The van der Waals surface area contributed by atoms with Gasteiger partial charge in [-0.1, -0.05) is 134 Å². The number of hydrogen-bond donors (Lipinski definition) is 0. The highest BCUT2D eigenvalue weighted by Crippen LogP contribution is 2.36. The molecule has 0 nitrogen and oxygen atoms in total. The van der Waals surface area contributed by atoms with E-state index in [4.69, 9.17) is 0 Å². The second-order valence-corrected chi connectivity index (χ2v) is 9.68. The topological polar surface area (TPSA) is 0 Å². The van der Waals surface area contributed by atoms with Gasteiger partial charge >= 0.3 is 0 Å². The molecule has 2 aliphatic rings. The smallest absolute Gasteiger partial charge is 0.00136 e. The van der Waals surface area contributed by atoms with Gasteiger partial charge < -0.3 is 0 Å². The molecule has 0 aliphatic heterocycles. The molecule has 0 spiro atoms. The summed E-state index contributed by atoms with van der Waals surface area (Å²) in [6, 6.07) is 25.5. The summed E-state index contributed by atoms with van der Waals surface area (Å²) >= 11 is 0. The third-order valence-corrected chi connectivity index (χ3v) is 6.57. The lowest BCUT2D eigenvalue weighted by atomic mass is 9.94. The third kappa shape index (κ3) is 7.43. The largest absolute Gasteiger partial charge is 0.0988 e. The molecule has 3 aromatic carbocycles. The minimum absolute atomic E-state index is 0.701. The summed E-state index contributed by atoms with van der Waals surface area (Å²) in [6.45, 7) is 14.6. The van der Waals surface area contributed by atoms with Gasteiger partial charge in [0, 0.05) is 0 Å². The molecule has 184 valence electrons. The molecule has 0 radical (unpaired) electrons. The van der Waals surface area contributed by atoms with Crippen molar-refractivity contribution in [3.63, 3.8) is 0 Å². The summed E-state index contributed by atoms with van der Waals surface area (Å²) in [7, 11) is 0. The van der Waals surface area contributed by atoms with Crippen LogP contribution in [0.15, 0.2) is 121 Å². The van der Waals surface area contributed by atoms with Gasteiger partial charge in [-0.2, -0.15) is 0 Å². The Morgan fingerprint density at radius 1 is 0.833 bits per heavy atom. The zero-order valence-corrected chi connectivity index (χ0v) is 22.6. The first-order valence-electron chi connectivity index (χ1n) is 13.0. The zero-order valence-electron chi connectivity index (χ0n) is 22.6. The van der Waals surface area contributed by atoms with E-state index in [0.29, 0.717) is 5.92 Å². The van der Waals surface area contributed by atoms with Gasteiger partial charge in [0.2, 0.25) is 0 Å². The van der Waals surface area contributed by atoms with Crippen molar-refractivity contribution in [2.75, 3.05) is 0 Å². The molecule has 1 atom stereocenters. The van der Waals surface area contributed by atoms with Crippen LogP contribution in [-0.4, -0.2) is 0 Å². The highest BCUT2D eigenvalue weighted by Gasteiger charge is 2.18. The summed E-state index contributed by atoms with van der Waals surface area (Å²) in [5.74, 6) is 0.701. The third-order valence-electron chi connectivity index (χ3n) is 6.57. The van der Waals surface area contributed by atoms with Gasteiger partial charge in [-0.3, -0.25) is 0 Å². The molecular formula is C36H40. The Morgan fingerprint density at radius 2 is 1.50 bits per heavy atom. The SMILES string of the molecule is C=CC1=C(/C=C\C)c2c(C)cccc2C1.CC1C=CC(c2ccccc2)=CC1.Cc1ccc(C)cc1. The molecule has 0 saturated carbocycles. The molecule has 5 rings (SSSR count). The number of allylic oxidation sites excluding steroid dienone is 9. The van der Waals surface area contributed by atoms with Crippen molar-refractivity contribution in [3.05, 3.63) is 155 Å². The van der Waals surface area contributed by atoms with E-state index < -0.39 is 0 Å². The van der Waals surface area contributed by atoms with Crippen molar-refractivity contribution in [2.45, 2.75) is 47.5 Å². The molecule has 0 heteroatoms. The van der Waals surface area contributed by atoms with Crippen molar-refractivity contribution in [1.29, 1.82) is 0 Å². The number of benzene rings is 3. The summed E-state index contributed by atoms with van der Waals surface area (Å²) in [6.07, 6.45) is 15.3. The maximum Gasteiger partial charge on any atom is -0.00136 e. The van der Waals surface area contributed by atoms with E-state index in [1.54, 1.807) is 0 Å². The van der Waals surface area contributed by atoms with Gasteiger partial charge in [-0.25, -0.2) is 0 Å². The monoisotopic (exact) mass is 472 g/mol. The van der Waals surface area contributed by atoms with Gasteiger partial charge in [0.25, 0.3) is 0 Å². The maximum absolute atomic E-state index is 3.90. The van der Waals surface area contributed by atoms with E-state index in [1.807, 2.05) is 6.08 Å². The number of rotatable bonds is 3. The maximum atomic E-state index is 3.90. The van der Waals surface area contributed by atoms with Crippen LogP contribution in [0.5, 0.6) is 0 Å². The van der Waals surface area contributed by atoms with Crippen molar-refractivity contribution >= 4 is 11.1 Å². The Bertz CT molecular complexity index is 1240. The second kappa shape index (κ2) is 13.4. The lowest BCUT2D eigenvalue weighted by molar-refractivity contribution is 0.739. The van der Waals surface area contributed by atoms with E-state index in [2.05, 4.69) is 144 Å². The van der Waals surface area contributed by atoms with Gasteiger partial charge in [0.1, 0.15) is 0 Å². The van der Waals surface area contributed by atoms with Crippen molar-refractivity contribution < 1.29 is 0 Å². The quantitative estimate of drug-likeness (QED) is 0.356. The Hall–Kier alpha value is -3.64. The number of fused-ring (bicyclic) bond motifs is 1. The lowest BCUT2D eigenvalue weighted by Crippen LogP contribution is -1.93. The Morgan fingerprint density at radius 3 is 2.06 bits per heavy atom. The number of hydrogen-bond acceptors (Lipinski definition) is 0. The van der Waals surface area contributed by atoms with E-state index in [9.17, 15) is 0 Å². The van der Waals surface area contributed by atoms with E-state index in [1.165, 1.54) is 56.5 Å². The van der Waals surface area contributed by atoms with E-state index >= 15 is 0 Å². The molecule has 0 aromatic heterocycles. The zero-order chi connectivity index (χ0) is 25.9. The summed E-state index contributed by atoms with van der Waals surface area (Å²) in [5, 5.41) is 0. The fourth-order valence-electron chi connectivity index (χ4n) is 4.47. The average molecular weight is 473 g/mol. The molecule has 2 aliphatic carbocycles. The molecule has 36 heavy (non-hydrogen) atoms. The predicted octanol–water partition coefficient (Wildman–Crippen LogP) is 10.0. The first-order chi connectivity index (χ1) is 17.4. The van der Waals surface area contributed by atoms with Gasteiger partial charge in [0.05, 0.1) is 0 Å². The highest BCUT2D eigenvalue weighted by atomic mass is 14.2. The van der Waals surface area contributed by atoms with Crippen molar-refractivity contribution in [3.8, 4) is 0 Å². The minimum Gasteiger partial charge on any atom is -0.0988 e. The highest BCUT2D eigenvalue weighted by molar-refractivity contribution is 5.86. The average Bonchev–Trinajstić information content (AvgIpc) is 3.26. The van der Waals surface area contributed by atoms with Crippen molar-refractivity contribution in [1.82, 2.24) is 0 Å². The van der Waals surface area contributed by atoms with Crippen LogP contribution < -0.4 is 0 Å². The summed E-state index contributed by atoms with van der Waals surface area (Å²) in [5.41, 5.74) is 12.2. The summed E-state index contributed by atoms with van der Waals surface area (Å²) in [4.78, 5) is 0. The van der Waals surface area contributed by atoms with E-state index in [0.717, 1.165) is 6.42 Å². The molecule has 0 amide bonds. The lowest BCUT2D eigenvalue weighted by Gasteiger charge is -2.11. The molecule has 0 bridgehead atoms. The minimum atomic E-state index is 0.701. The molecule has 0 heterocycles. The number of aryl methyl sites for hydroxylation is 3. The fraction of sp³-hybridized carbons (Fsp3) is 0.222. The molecule has 3 aromatic rings. The Labute approximate surface area is 219 Å². The van der Waals surface area contributed by atoms with Crippen LogP contribution in [0.4, 0.5) is 0 Å². The van der Waals surface area contributed by atoms with Crippen molar-refractivity contribution in [2.24, 2.45) is 5.92 Å². The molecule has 1 unspecified atom stereocenters. The van der Waals surface area contributed by atoms with Crippen LogP contribution in [0, 0.1) is 26.7 Å². The van der Waals surface area contributed by atoms with Crippen LogP contribution in [-0.2, 0) is 6.42 Å². The van der Waals surface area contributed by atoms with Gasteiger partial charge in [-0.05, 0) is 85.4 Å². The van der Waals surface area contributed by atoms with Gasteiger partial charge in [-0.15, -0.1) is 0 Å². The molecule has 0 fully saturated rings. The first-order valence-corrected chi connectivity index (χ1v) is 13.0. The van der Waals surface area contributed by atoms with Crippen LogP contribution in [0.25, 0.3) is 11.1 Å². The van der Waals surface area contributed by atoms with E-state index in [-0.39, 0.29) is 0 Å². The molecule has 0 N–H and O–H groups in total. The second-order valence-electron chi connectivity index (χ2n) is 9.68. The van der Waals surface area contributed by atoms with Crippen LogP contribution in [0.3, 0.4) is 0 Å². The molecule has 0 saturated heterocycles. The van der Waals surface area contributed by atoms with Crippen LogP contribution >= 0.6 is 0 Å². The molecular weight excluding hydrogens is 432 g/mol.